The molecule has 1 heterocycles. The van der Waals surface area contributed by atoms with Gasteiger partial charge in [0, 0.05) is 6.54 Å². The summed E-state index contributed by atoms with van der Waals surface area (Å²) in [6, 6.07) is 4.69. The van der Waals surface area contributed by atoms with Crippen molar-refractivity contribution in [2.45, 2.75) is 23.7 Å². The molecule has 0 aliphatic carbocycles. The zero-order chi connectivity index (χ0) is 12.4. The first-order chi connectivity index (χ1) is 7.24. The zero-order valence-electron chi connectivity index (χ0n) is 8.89. The molecule has 0 amide bonds. The molecule has 0 radical (unpaired) electrons. The van der Waals surface area contributed by atoms with Crippen LogP contribution < -0.4 is 4.72 Å². The molecule has 0 aliphatic rings. The molecule has 0 atom stereocenters. The van der Waals surface area contributed by atoms with Gasteiger partial charge in [0.15, 0.2) is 0 Å². The first kappa shape index (κ1) is 13.1. The average Bonchev–Trinajstić information content (AvgIpc) is 2.62. The third-order valence-electron chi connectivity index (χ3n) is 1.65. The molecule has 88 valence electrons. The van der Waals surface area contributed by atoms with Gasteiger partial charge in [-0.05, 0) is 26.0 Å². The van der Waals surface area contributed by atoms with Crippen molar-refractivity contribution in [2.75, 3.05) is 6.54 Å². The van der Waals surface area contributed by atoms with E-state index in [1.165, 1.54) is 26.0 Å². The first-order valence-electron chi connectivity index (χ1n) is 4.46. The summed E-state index contributed by atoms with van der Waals surface area (Å²) in [5.41, 5.74) is -1.11. The van der Waals surface area contributed by atoms with Gasteiger partial charge in [0.25, 0.3) is 0 Å². The lowest BCUT2D eigenvalue weighted by atomic mass is 10.1. The lowest BCUT2D eigenvalue weighted by Gasteiger charge is -2.17. The number of rotatable bonds is 4. The molecule has 5 nitrogen and oxygen atoms in total. The largest absolute Gasteiger partial charge is 0.389 e. The number of hydrogen-bond donors (Lipinski definition) is 2. The maximum absolute atomic E-state index is 11.7. The van der Waals surface area contributed by atoms with Crippen LogP contribution in [0.25, 0.3) is 0 Å². The minimum atomic E-state index is -3.63. The summed E-state index contributed by atoms with van der Waals surface area (Å²) in [6.07, 6.45) is 0. The summed E-state index contributed by atoms with van der Waals surface area (Å²) in [5.74, 6) is 0. The van der Waals surface area contributed by atoms with E-state index in [1.54, 1.807) is 0 Å². The van der Waals surface area contributed by atoms with E-state index in [4.69, 9.17) is 5.26 Å². The van der Waals surface area contributed by atoms with E-state index in [0.29, 0.717) is 4.88 Å². The number of thiophene rings is 1. The van der Waals surface area contributed by atoms with Gasteiger partial charge in [-0.3, -0.25) is 0 Å². The molecule has 0 fully saturated rings. The van der Waals surface area contributed by atoms with Crippen LogP contribution in [0.1, 0.15) is 18.7 Å². The molecule has 16 heavy (non-hydrogen) atoms. The van der Waals surface area contributed by atoms with Gasteiger partial charge in [0.2, 0.25) is 10.0 Å². The van der Waals surface area contributed by atoms with E-state index in [1.807, 2.05) is 6.07 Å². The number of hydrogen-bond acceptors (Lipinski definition) is 5. The number of sulfonamides is 1. The molecule has 0 aliphatic heterocycles. The van der Waals surface area contributed by atoms with Crippen molar-refractivity contribution in [3.8, 4) is 6.07 Å². The van der Waals surface area contributed by atoms with E-state index in [9.17, 15) is 13.5 Å². The van der Waals surface area contributed by atoms with Gasteiger partial charge in [-0.15, -0.1) is 11.3 Å². The lowest BCUT2D eigenvalue weighted by molar-refractivity contribution is 0.0857. The maximum Gasteiger partial charge on any atom is 0.250 e. The predicted molar refractivity (Wildman–Crippen MR) is 60.5 cm³/mol. The number of nitrogens with zero attached hydrogens (tertiary/aromatic N) is 1. The molecule has 0 spiro atoms. The van der Waals surface area contributed by atoms with Crippen LogP contribution in [0, 0.1) is 11.3 Å². The summed E-state index contributed by atoms with van der Waals surface area (Å²) < 4.78 is 25.7. The van der Waals surface area contributed by atoms with E-state index in [0.717, 1.165) is 11.3 Å². The second-order valence-corrected chi connectivity index (χ2v) is 6.95. The Kier molecular flexibility index (Phi) is 3.70. The summed E-state index contributed by atoms with van der Waals surface area (Å²) in [4.78, 5) is 0.337. The third kappa shape index (κ3) is 3.57. The minimum absolute atomic E-state index is 0.0743. The Labute approximate surface area is 98.4 Å². The van der Waals surface area contributed by atoms with Gasteiger partial charge in [-0.1, -0.05) is 0 Å². The minimum Gasteiger partial charge on any atom is -0.389 e. The Hall–Kier alpha value is -0.940. The second kappa shape index (κ2) is 4.51. The normalized spacial score (nSPS) is 12.4. The molecule has 1 rings (SSSR count). The van der Waals surface area contributed by atoms with Crippen LogP contribution in [0.5, 0.6) is 0 Å². The molecule has 2 N–H and O–H groups in total. The number of aliphatic hydroxyl groups is 1. The van der Waals surface area contributed by atoms with Crippen molar-refractivity contribution >= 4 is 21.4 Å². The second-order valence-electron chi connectivity index (χ2n) is 3.87. The van der Waals surface area contributed by atoms with E-state index in [2.05, 4.69) is 4.72 Å². The van der Waals surface area contributed by atoms with Crippen molar-refractivity contribution in [3.05, 3.63) is 17.0 Å². The maximum atomic E-state index is 11.7. The Morgan fingerprint density at radius 1 is 1.56 bits per heavy atom. The quantitative estimate of drug-likeness (QED) is 0.832. The molecular formula is C9H12N2O3S2. The highest BCUT2D eigenvalue weighted by molar-refractivity contribution is 7.91. The fourth-order valence-corrected chi connectivity index (χ4v) is 3.22. The van der Waals surface area contributed by atoms with Crippen molar-refractivity contribution in [1.82, 2.24) is 4.72 Å². The monoisotopic (exact) mass is 260 g/mol. The van der Waals surface area contributed by atoms with Crippen molar-refractivity contribution < 1.29 is 13.5 Å². The molecule has 7 heteroatoms. The third-order valence-corrected chi connectivity index (χ3v) is 4.53. The van der Waals surface area contributed by atoms with Crippen LogP contribution in [-0.2, 0) is 10.0 Å². The lowest BCUT2D eigenvalue weighted by Crippen LogP contribution is -2.37. The topological polar surface area (TPSA) is 90.2 Å². The fourth-order valence-electron chi connectivity index (χ4n) is 0.867. The van der Waals surface area contributed by atoms with E-state index < -0.39 is 15.6 Å². The Morgan fingerprint density at radius 2 is 2.19 bits per heavy atom. The summed E-state index contributed by atoms with van der Waals surface area (Å²) in [7, 11) is -3.63. The van der Waals surface area contributed by atoms with Gasteiger partial charge in [-0.25, -0.2) is 13.1 Å². The molecule has 1 aromatic heterocycles. The van der Waals surface area contributed by atoms with Gasteiger partial charge < -0.3 is 5.11 Å². The van der Waals surface area contributed by atoms with Crippen LogP contribution in [0.15, 0.2) is 16.3 Å². The Balaban J connectivity index is 2.83. The standard InChI is InChI=1S/C9H12N2O3S2/c1-9(2,12)6-11-16(13,14)8-4-3-7(5-10)15-8/h3-4,11-12H,6H2,1-2H3. The van der Waals surface area contributed by atoms with Crippen LogP contribution in [-0.4, -0.2) is 25.7 Å². The van der Waals surface area contributed by atoms with Gasteiger partial charge in [0.1, 0.15) is 15.2 Å². The molecule has 1 aromatic rings. The van der Waals surface area contributed by atoms with Gasteiger partial charge in [0.05, 0.1) is 5.60 Å². The van der Waals surface area contributed by atoms with Gasteiger partial charge in [-0.2, -0.15) is 5.26 Å². The van der Waals surface area contributed by atoms with Crippen LogP contribution in [0.3, 0.4) is 0 Å². The zero-order valence-corrected chi connectivity index (χ0v) is 10.5. The van der Waals surface area contributed by atoms with Gasteiger partial charge >= 0.3 is 0 Å². The molecule has 0 saturated carbocycles. The Morgan fingerprint density at radius 3 is 2.62 bits per heavy atom. The SMILES string of the molecule is CC(C)(O)CNS(=O)(=O)c1ccc(C#N)s1. The Bertz CT molecular complexity index is 506. The van der Waals surface area contributed by atoms with Crippen LogP contribution >= 0.6 is 11.3 Å². The van der Waals surface area contributed by atoms with Crippen LogP contribution in [0.4, 0.5) is 0 Å². The molecule has 0 bridgehead atoms. The highest BCUT2D eigenvalue weighted by atomic mass is 32.2. The molecule has 0 saturated heterocycles. The molecular weight excluding hydrogens is 248 g/mol. The summed E-state index contributed by atoms with van der Waals surface area (Å²) >= 11 is 0.897. The molecule has 0 unspecified atom stereocenters. The molecule has 0 aromatic carbocycles. The fraction of sp³-hybridized carbons (Fsp3) is 0.444. The summed E-state index contributed by atoms with van der Waals surface area (Å²) in [6.45, 7) is 2.93. The number of nitrogens with one attached hydrogen (secondary N) is 1. The highest BCUT2D eigenvalue weighted by Gasteiger charge is 2.21. The highest BCUT2D eigenvalue weighted by Crippen LogP contribution is 2.20. The predicted octanol–water partition coefficient (Wildman–Crippen LogP) is 0.669. The average molecular weight is 260 g/mol. The van der Waals surface area contributed by atoms with E-state index in [-0.39, 0.29) is 10.8 Å². The van der Waals surface area contributed by atoms with Crippen molar-refractivity contribution in [3.63, 3.8) is 0 Å². The first-order valence-corrected chi connectivity index (χ1v) is 6.76. The van der Waals surface area contributed by atoms with E-state index >= 15 is 0 Å². The smallest absolute Gasteiger partial charge is 0.250 e. The van der Waals surface area contributed by atoms with Crippen molar-refractivity contribution in [2.24, 2.45) is 0 Å². The summed E-state index contributed by atoms with van der Waals surface area (Å²) in [5, 5.41) is 18.0. The van der Waals surface area contributed by atoms with Crippen LogP contribution in [0.2, 0.25) is 0 Å². The van der Waals surface area contributed by atoms with Crippen molar-refractivity contribution in [1.29, 1.82) is 5.26 Å². The number of nitriles is 1.